The van der Waals surface area contributed by atoms with Crippen LogP contribution in [0.2, 0.25) is 0 Å². The highest BCUT2D eigenvalue weighted by atomic mass is 16.3. The van der Waals surface area contributed by atoms with E-state index >= 15 is 0 Å². The summed E-state index contributed by atoms with van der Waals surface area (Å²) in [5.41, 5.74) is 9.84. The van der Waals surface area contributed by atoms with Gasteiger partial charge in [-0.1, -0.05) is 133 Å². The maximum Gasteiger partial charge on any atom is 0.123 e. The molecule has 3 heteroatoms. The Hall–Kier alpha value is -2.94. The molecule has 45 heavy (non-hydrogen) atoms. The smallest absolute Gasteiger partial charge is 0.123 e. The predicted octanol–water partition coefficient (Wildman–Crippen LogP) is 11.7. The largest absolute Gasteiger partial charge is 0.507 e. The molecule has 0 bridgehead atoms. The zero-order valence-corrected chi connectivity index (χ0v) is 29.7. The number of hydrogen-bond acceptors (Lipinski definition) is 3. The van der Waals surface area contributed by atoms with Gasteiger partial charge in [-0.3, -0.25) is 0 Å². The summed E-state index contributed by atoms with van der Waals surface area (Å²) in [6.45, 7) is 19.1. The molecule has 0 heterocycles. The molecule has 0 atom stereocenters. The zero-order valence-electron chi connectivity index (χ0n) is 29.7. The second-order valence-electron chi connectivity index (χ2n) is 16.3. The molecule has 2 aliphatic rings. The van der Waals surface area contributed by atoms with Crippen molar-refractivity contribution in [3.63, 3.8) is 0 Å². The molecule has 3 aromatic carbocycles. The average molecular weight is 613 g/mol. The molecule has 0 radical (unpaired) electrons. The fourth-order valence-corrected chi connectivity index (χ4v) is 7.61. The Morgan fingerprint density at radius 2 is 0.822 bits per heavy atom. The normalized spacial score (nSPS) is 16.7. The average Bonchev–Trinajstić information content (AvgIpc) is 2.97. The highest BCUT2D eigenvalue weighted by molar-refractivity contribution is 5.52. The van der Waals surface area contributed by atoms with E-state index in [-0.39, 0.29) is 10.8 Å². The maximum absolute atomic E-state index is 11.1. The van der Waals surface area contributed by atoms with Crippen LogP contribution in [-0.4, -0.2) is 15.3 Å². The SMILES string of the molecule is Cc1cc(C(C)(C)C)c(O)c(C(C)(C)C)c1.Cc1cc(Cc2cc(C)cc(C3CCCCC3)c2O)c(O)c(C2CCCCC2)c1. The van der Waals surface area contributed by atoms with Gasteiger partial charge in [0.05, 0.1) is 0 Å². The minimum absolute atomic E-state index is 0.0178. The fourth-order valence-electron chi connectivity index (χ4n) is 7.61. The minimum Gasteiger partial charge on any atom is -0.507 e. The molecule has 0 spiro atoms. The van der Waals surface area contributed by atoms with Gasteiger partial charge in [0.1, 0.15) is 17.2 Å². The van der Waals surface area contributed by atoms with Crippen molar-refractivity contribution in [3.05, 3.63) is 86.5 Å². The fraction of sp³-hybridized carbons (Fsp3) is 0.571. The van der Waals surface area contributed by atoms with Crippen LogP contribution in [0.15, 0.2) is 36.4 Å². The van der Waals surface area contributed by atoms with Crippen molar-refractivity contribution in [2.75, 3.05) is 0 Å². The lowest BCUT2D eigenvalue weighted by Gasteiger charge is -2.27. The van der Waals surface area contributed by atoms with E-state index in [9.17, 15) is 15.3 Å². The van der Waals surface area contributed by atoms with Crippen LogP contribution in [-0.2, 0) is 17.3 Å². The van der Waals surface area contributed by atoms with Gasteiger partial charge in [-0.05, 0) is 103 Å². The van der Waals surface area contributed by atoms with E-state index in [4.69, 9.17) is 0 Å². The molecule has 3 N–H and O–H groups in total. The lowest BCUT2D eigenvalue weighted by Crippen LogP contribution is -2.17. The summed E-state index contributed by atoms with van der Waals surface area (Å²) in [5.74, 6) is 2.34. The number of hydrogen-bond donors (Lipinski definition) is 3. The molecule has 0 amide bonds. The van der Waals surface area contributed by atoms with Crippen LogP contribution in [0.5, 0.6) is 17.2 Å². The summed E-state index contributed by atoms with van der Waals surface area (Å²) in [5, 5.41) is 32.6. The number of aryl methyl sites for hydroxylation is 3. The van der Waals surface area contributed by atoms with Gasteiger partial charge in [-0.25, -0.2) is 0 Å². The van der Waals surface area contributed by atoms with Crippen molar-refractivity contribution in [1.82, 2.24) is 0 Å². The van der Waals surface area contributed by atoms with E-state index in [0.717, 1.165) is 33.4 Å². The second-order valence-corrected chi connectivity index (χ2v) is 16.3. The van der Waals surface area contributed by atoms with Crippen molar-refractivity contribution < 1.29 is 15.3 Å². The van der Waals surface area contributed by atoms with Gasteiger partial charge in [0.25, 0.3) is 0 Å². The van der Waals surface area contributed by atoms with E-state index in [1.165, 1.54) is 80.9 Å². The Labute approximate surface area is 274 Å². The molecule has 0 saturated heterocycles. The lowest BCUT2D eigenvalue weighted by molar-refractivity contribution is 0.408. The van der Waals surface area contributed by atoms with E-state index in [1.54, 1.807) is 0 Å². The molecule has 5 rings (SSSR count). The van der Waals surface area contributed by atoms with Gasteiger partial charge in [-0.15, -0.1) is 0 Å². The summed E-state index contributed by atoms with van der Waals surface area (Å²) in [6.07, 6.45) is 13.0. The highest BCUT2D eigenvalue weighted by Crippen LogP contribution is 2.43. The monoisotopic (exact) mass is 612 g/mol. The van der Waals surface area contributed by atoms with Crippen LogP contribution in [0.4, 0.5) is 0 Å². The lowest BCUT2D eigenvalue weighted by atomic mass is 9.78. The first-order valence-corrected chi connectivity index (χ1v) is 17.6. The molecule has 3 nitrogen and oxygen atoms in total. The van der Waals surface area contributed by atoms with Crippen molar-refractivity contribution in [2.45, 2.75) is 156 Å². The van der Waals surface area contributed by atoms with Crippen LogP contribution in [0.3, 0.4) is 0 Å². The van der Waals surface area contributed by atoms with Crippen LogP contribution < -0.4 is 0 Å². The van der Waals surface area contributed by atoms with Gasteiger partial charge in [0, 0.05) is 6.42 Å². The molecule has 0 aliphatic heterocycles. The van der Waals surface area contributed by atoms with Gasteiger partial charge in [-0.2, -0.15) is 0 Å². The number of phenolic OH excluding ortho intramolecular Hbond substituents is 3. The number of rotatable bonds is 4. The van der Waals surface area contributed by atoms with E-state index in [1.807, 2.05) is 0 Å². The van der Waals surface area contributed by atoms with Gasteiger partial charge < -0.3 is 15.3 Å². The molecular formula is C42H60O3. The quantitative estimate of drug-likeness (QED) is 0.275. The topological polar surface area (TPSA) is 60.7 Å². The first kappa shape index (κ1) is 34.9. The Kier molecular flexibility index (Phi) is 11.0. The van der Waals surface area contributed by atoms with Crippen LogP contribution in [0.25, 0.3) is 0 Å². The van der Waals surface area contributed by atoms with Gasteiger partial charge in [0.15, 0.2) is 0 Å². The molecule has 2 fully saturated rings. The Morgan fingerprint density at radius 1 is 0.489 bits per heavy atom. The molecule has 2 aliphatic carbocycles. The van der Waals surface area contributed by atoms with Crippen molar-refractivity contribution in [1.29, 1.82) is 0 Å². The predicted molar refractivity (Wildman–Crippen MR) is 190 cm³/mol. The van der Waals surface area contributed by atoms with Gasteiger partial charge >= 0.3 is 0 Å². The van der Waals surface area contributed by atoms with Crippen molar-refractivity contribution in [3.8, 4) is 17.2 Å². The summed E-state index contributed by atoms with van der Waals surface area (Å²) >= 11 is 0. The summed E-state index contributed by atoms with van der Waals surface area (Å²) < 4.78 is 0. The van der Waals surface area contributed by atoms with Crippen LogP contribution in [0, 0.1) is 20.8 Å². The van der Waals surface area contributed by atoms with Gasteiger partial charge in [0.2, 0.25) is 0 Å². The Balaban J connectivity index is 0.000000245. The summed E-state index contributed by atoms with van der Waals surface area (Å²) in [7, 11) is 0. The maximum atomic E-state index is 11.1. The molecule has 3 aromatic rings. The standard InChI is InChI=1S/C27H36O2.C15H24O/c1-18-13-22(26(28)24(15-18)20-9-5-3-6-10-20)17-23-14-19(2)16-25(27(23)29)21-11-7-4-8-12-21;1-10-8-11(14(2,3)4)13(16)12(9-10)15(5,6)7/h13-16,20-21,28-29H,3-12,17H2,1-2H3;8-9,16H,1-7H3. The number of phenols is 3. The minimum atomic E-state index is -0.0178. The first-order chi connectivity index (χ1) is 21.1. The summed E-state index contributed by atoms with van der Waals surface area (Å²) in [6, 6.07) is 12.7. The highest BCUT2D eigenvalue weighted by Gasteiger charge is 2.26. The second kappa shape index (κ2) is 14.2. The van der Waals surface area contributed by atoms with Crippen LogP contribution >= 0.6 is 0 Å². The third-order valence-corrected chi connectivity index (χ3v) is 10.1. The molecular weight excluding hydrogens is 552 g/mol. The van der Waals surface area contributed by atoms with Crippen LogP contribution in [0.1, 0.15) is 168 Å². The molecule has 246 valence electrons. The zero-order chi connectivity index (χ0) is 33.1. The van der Waals surface area contributed by atoms with Crippen molar-refractivity contribution in [2.24, 2.45) is 0 Å². The third kappa shape index (κ3) is 8.66. The van der Waals surface area contributed by atoms with Crippen molar-refractivity contribution >= 4 is 0 Å². The Morgan fingerprint density at radius 3 is 1.16 bits per heavy atom. The summed E-state index contributed by atoms with van der Waals surface area (Å²) in [4.78, 5) is 0. The molecule has 0 aromatic heterocycles. The van der Waals surface area contributed by atoms with E-state index in [2.05, 4.69) is 98.7 Å². The van der Waals surface area contributed by atoms with E-state index < -0.39 is 0 Å². The Bertz CT molecular complexity index is 1350. The first-order valence-electron chi connectivity index (χ1n) is 17.6. The molecule has 2 saturated carbocycles. The third-order valence-electron chi connectivity index (χ3n) is 10.1. The molecule has 0 unspecified atom stereocenters. The number of benzene rings is 3. The van der Waals surface area contributed by atoms with E-state index in [0.29, 0.717) is 35.5 Å². The number of aromatic hydroxyl groups is 3.